The molecule has 2 fully saturated rings. The van der Waals surface area contributed by atoms with Gasteiger partial charge in [0.05, 0.1) is 0 Å². The van der Waals surface area contributed by atoms with Crippen molar-refractivity contribution in [2.24, 2.45) is 5.92 Å². The summed E-state index contributed by atoms with van der Waals surface area (Å²) in [5.41, 5.74) is 1.61. The number of rotatable bonds is 2. The lowest BCUT2D eigenvalue weighted by atomic mass is 9.83. The predicted molar refractivity (Wildman–Crippen MR) is 96.4 cm³/mol. The summed E-state index contributed by atoms with van der Waals surface area (Å²) in [6.45, 7) is 3.81. The SMILES string of the molecule is CC(=O)N1CC[C@H]2[C@H](CCCN2C(=O)c2cc(-c3ccccc3)no2)C1. The van der Waals surface area contributed by atoms with Crippen LogP contribution >= 0.6 is 0 Å². The number of piperidine rings is 2. The molecule has 3 heterocycles. The van der Waals surface area contributed by atoms with Crippen molar-refractivity contribution < 1.29 is 14.1 Å². The Balaban J connectivity index is 1.51. The number of carbonyl (C=O) groups excluding carboxylic acids is 2. The number of aromatic nitrogens is 1. The van der Waals surface area contributed by atoms with Crippen LogP contribution in [-0.4, -0.2) is 52.4 Å². The predicted octanol–water partition coefficient (Wildman–Crippen LogP) is 2.81. The van der Waals surface area contributed by atoms with E-state index in [1.54, 1.807) is 13.0 Å². The monoisotopic (exact) mass is 353 g/mol. The molecule has 2 aliphatic heterocycles. The maximum Gasteiger partial charge on any atom is 0.292 e. The summed E-state index contributed by atoms with van der Waals surface area (Å²) in [5.74, 6) is 0.667. The molecule has 2 atom stereocenters. The Kier molecular flexibility index (Phi) is 4.49. The zero-order valence-electron chi connectivity index (χ0n) is 14.9. The van der Waals surface area contributed by atoms with E-state index in [0.29, 0.717) is 23.9 Å². The third-order valence-corrected chi connectivity index (χ3v) is 5.56. The van der Waals surface area contributed by atoms with Crippen LogP contribution in [0.25, 0.3) is 11.3 Å². The molecular formula is C20H23N3O3. The van der Waals surface area contributed by atoms with E-state index in [1.807, 2.05) is 40.1 Å². The second-order valence-electron chi connectivity index (χ2n) is 7.16. The minimum Gasteiger partial charge on any atom is -0.350 e. The third kappa shape index (κ3) is 3.11. The van der Waals surface area contributed by atoms with Crippen molar-refractivity contribution in [2.45, 2.75) is 32.2 Å². The van der Waals surface area contributed by atoms with Crippen LogP contribution in [0.5, 0.6) is 0 Å². The first kappa shape index (κ1) is 16.8. The number of benzene rings is 1. The number of nitrogens with zero attached hydrogens (tertiary/aromatic N) is 3. The first-order valence-corrected chi connectivity index (χ1v) is 9.22. The lowest BCUT2D eigenvalue weighted by Gasteiger charge is -2.46. The van der Waals surface area contributed by atoms with E-state index in [1.165, 1.54) is 0 Å². The molecule has 2 amide bonds. The molecular weight excluding hydrogens is 330 g/mol. The van der Waals surface area contributed by atoms with E-state index in [0.717, 1.165) is 37.9 Å². The van der Waals surface area contributed by atoms with Crippen molar-refractivity contribution in [1.29, 1.82) is 0 Å². The van der Waals surface area contributed by atoms with E-state index in [2.05, 4.69) is 5.16 Å². The van der Waals surface area contributed by atoms with Gasteiger partial charge in [0.1, 0.15) is 5.69 Å². The Labute approximate surface area is 152 Å². The van der Waals surface area contributed by atoms with Gasteiger partial charge in [-0.15, -0.1) is 0 Å². The normalized spacial score (nSPS) is 22.8. The van der Waals surface area contributed by atoms with Gasteiger partial charge in [0.15, 0.2) is 0 Å². The van der Waals surface area contributed by atoms with Gasteiger partial charge in [0, 0.05) is 44.2 Å². The van der Waals surface area contributed by atoms with Crippen LogP contribution in [0.1, 0.15) is 36.7 Å². The van der Waals surface area contributed by atoms with Crippen LogP contribution in [0.3, 0.4) is 0 Å². The maximum absolute atomic E-state index is 13.0. The number of carbonyl (C=O) groups is 2. The maximum atomic E-state index is 13.0. The first-order valence-electron chi connectivity index (χ1n) is 9.22. The Morgan fingerprint density at radius 1 is 1.15 bits per heavy atom. The highest BCUT2D eigenvalue weighted by molar-refractivity contribution is 5.92. The van der Waals surface area contributed by atoms with Gasteiger partial charge in [0.2, 0.25) is 11.7 Å². The lowest BCUT2D eigenvalue weighted by Crippen LogP contribution is -2.56. The molecule has 0 bridgehead atoms. The minimum absolute atomic E-state index is 0.0920. The second-order valence-corrected chi connectivity index (χ2v) is 7.16. The molecule has 136 valence electrons. The molecule has 4 rings (SSSR count). The molecule has 2 aliphatic rings. The fourth-order valence-electron chi connectivity index (χ4n) is 4.20. The van der Waals surface area contributed by atoms with Crippen LogP contribution in [0.4, 0.5) is 0 Å². The number of hydrogen-bond acceptors (Lipinski definition) is 4. The van der Waals surface area contributed by atoms with E-state index in [-0.39, 0.29) is 17.9 Å². The molecule has 0 unspecified atom stereocenters. The Morgan fingerprint density at radius 2 is 1.96 bits per heavy atom. The molecule has 0 radical (unpaired) electrons. The smallest absolute Gasteiger partial charge is 0.292 e. The number of likely N-dealkylation sites (tertiary alicyclic amines) is 2. The molecule has 2 aromatic rings. The Hall–Kier alpha value is -2.63. The van der Waals surface area contributed by atoms with E-state index < -0.39 is 0 Å². The van der Waals surface area contributed by atoms with Crippen LogP contribution in [-0.2, 0) is 4.79 Å². The number of amides is 2. The molecule has 0 N–H and O–H groups in total. The molecule has 2 saturated heterocycles. The molecule has 0 spiro atoms. The summed E-state index contributed by atoms with van der Waals surface area (Å²) in [4.78, 5) is 28.5. The van der Waals surface area contributed by atoms with Gasteiger partial charge >= 0.3 is 0 Å². The second kappa shape index (κ2) is 6.94. The summed E-state index contributed by atoms with van der Waals surface area (Å²) >= 11 is 0. The van der Waals surface area contributed by atoms with Gasteiger partial charge in [-0.25, -0.2) is 0 Å². The number of fused-ring (bicyclic) bond motifs is 1. The Morgan fingerprint density at radius 3 is 2.73 bits per heavy atom. The highest BCUT2D eigenvalue weighted by Gasteiger charge is 2.39. The van der Waals surface area contributed by atoms with Crippen molar-refractivity contribution in [3.05, 3.63) is 42.2 Å². The van der Waals surface area contributed by atoms with E-state index in [4.69, 9.17) is 4.52 Å². The zero-order chi connectivity index (χ0) is 18.1. The lowest BCUT2D eigenvalue weighted by molar-refractivity contribution is -0.132. The largest absolute Gasteiger partial charge is 0.350 e. The van der Waals surface area contributed by atoms with Crippen molar-refractivity contribution in [2.75, 3.05) is 19.6 Å². The zero-order valence-corrected chi connectivity index (χ0v) is 14.9. The molecule has 26 heavy (non-hydrogen) atoms. The van der Waals surface area contributed by atoms with Crippen LogP contribution in [0, 0.1) is 5.92 Å². The highest BCUT2D eigenvalue weighted by Crippen LogP contribution is 2.32. The first-order chi connectivity index (χ1) is 12.6. The average Bonchev–Trinajstić information content (AvgIpc) is 3.17. The quantitative estimate of drug-likeness (QED) is 0.833. The molecule has 6 heteroatoms. The molecule has 0 saturated carbocycles. The van der Waals surface area contributed by atoms with Gasteiger partial charge in [-0.3, -0.25) is 9.59 Å². The summed E-state index contributed by atoms with van der Waals surface area (Å²) in [5, 5.41) is 4.07. The van der Waals surface area contributed by atoms with E-state index >= 15 is 0 Å². The van der Waals surface area contributed by atoms with Crippen molar-refractivity contribution >= 4 is 11.8 Å². The molecule has 0 aliphatic carbocycles. The van der Waals surface area contributed by atoms with Crippen molar-refractivity contribution in [3.63, 3.8) is 0 Å². The summed E-state index contributed by atoms with van der Waals surface area (Å²) in [6, 6.07) is 11.6. The van der Waals surface area contributed by atoms with Gasteiger partial charge in [-0.1, -0.05) is 35.5 Å². The number of hydrogen-bond donors (Lipinski definition) is 0. The average molecular weight is 353 g/mol. The van der Waals surface area contributed by atoms with E-state index in [9.17, 15) is 9.59 Å². The Bertz CT molecular complexity index is 802. The van der Waals surface area contributed by atoms with Crippen LogP contribution in [0.15, 0.2) is 40.9 Å². The standard InChI is InChI=1S/C20H23N3O3/c1-14(24)22-11-9-18-16(13-22)8-5-10-23(18)20(25)19-12-17(21-26-19)15-6-3-2-4-7-15/h2-4,6-7,12,16,18H,5,8-11,13H2,1H3/t16-,18+/m1/s1. The van der Waals surface area contributed by atoms with Crippen molar-refractivity contribution in [1.82, 2.24) is 15.0 Å². The minimum atomic E-state index is -0.0920. The van der Waals surface area contributed by atoms with Gasteiger partial charge in [0.25, 0.3) is 5.91 Å². The van der Waals surface area contributed by atoms with Gasteiger partial charge in [-0.2, -0.15) is 0 Å². The molecule has 1 aromatic carbocycles. The summed E-state index contributed by atoms with van der Waals surface area (Å²) in [6.07, 6.45) is 2.85. The third-order valence-electron chi connectivity index (χ3n) is 5.56. The topological polar surface area (TPSA) is 66.7 Å². The van der Waals surface area contributed by atoms with Gasteiger partial charge in [-0.05, 0) is 25.2 Å². The highest BCUT2D eigenvalue weighted by atomic mass is 16.5. The molecule has 1 aromatic heterocycles. The summed E-state index contributed by atoms with van der Waals surface area (Å²) < 4.78 is 5.37. The van der Waals surface area contributed by atoms with Crippen LogP contribution in [0.2, 0.25) is 0 Å². The fraction of sp³-hybridized carbons (Fsp3) is 0.450. The summed E-state index contributed by atoms with van der Waals surface area (Å²) in [7, 11) is 0. The van der Waals surface area contributed by atoms with Crippen molar-refractivity contribution in [3.8, 4) is 11.3 Å². The molecule has 6 nitrogen and oxygen atoms in total. The van der Waals surface area contributed by atoms with Gasteiger partial charge < -0.3 is 14.3 Å². The fourth-order valence-corrected chi connectivity index (χ4v) is 4.20. The van der Waals surface area contributed by atoms with Crippen LogP contribution < -0.4 is 0 Å².